The summed E-state index contributed by atoms with van der Waals surface area (Å²) >= 11 is 0. The van der Waals surface area contributed by atoms with Gasteiger partial charge in [-0.25, -0.2) is 12.8 Å². The van der Waals surface area contributed by atoms with Gasteiger partial charge in [0, 0.05) is 33.2 Å². The molecule has 2 atom stereocenters. The zero-order valence-corrected chi connectivity index (χ0v) is 20.4. The Kier molecular flexibility index (Phi) is 8.64. The van der Waals surface area contributed by atoms with Gasteiger partial charge in [-0.3, -0.25) is 14.4 Å². The molecule has 2 unspecified atom stereocenters. The second-order valence-corrected chi connectivity index (χ2v) is 10.7. The zero-order valence-electron chi connectivity index (χ0n) is 19.6. The quantitative estimate of drug-likeness (QED) is 0.529. The van der Waals surface area contributed by atoms with E-state index in [9.17, 15) is 27.2 Å². The Hall–Kier alpha value is -2.53. The SMILES string of the molecule is CCOC(=O)C1CCCN(C(=O)CN(C)C(=O)C2CCCN(S(=O)(=O)c3ccc(F)cc3)C2)C1. The van der Waals surface area contributed by atoms with Gasteiger partial charge in [0.15, 0.2) is 0 Å². The number of rotatable bonds is 7. The first-order valence-corrected chi connectivity index (χ1v) is 13.0. The van der Waals surface area contributed by atoms with E-state index in [1.165, 1.54) is 28.4 Å². The van der Waals surface area contributed by atoms with Crippen molar-refractivity contribution >= 4 is 27.8 Å². The number of halogens is 1. The Bertz CT molecular complexity index is 1000. The van der Waals surface area contributed by atoms with Gasteiger partial charge >= 0.3 is 5.97 Å². The van der Waals surface area contributed by atoms with Crippen LogP contribution in [0, 0.1) is 17.7 Å². The summed E-state index contributed by atoms with van der Waals surface area (Å²) in [5.74, 6) is -2.33. The molecule has 11 heteroatoms. The molecule has 2 aliphatic rings. The van der Waals surface area contributed by atoms with Crippen LogP contribution in [0.5, 0.6) is 0 Å². The molecule has 2 heterocycles. The summed E-state index contributed by atoms with van der Waals surface area (Å²) in [6.45, 7) is 2.95. The van der Waals surface area contributed by atoms with Crippen LogP contribution in [0.2, 0.25) is 0 Å². The topological polar surface area (TPSA) is 104 Å². The maximum atomic E-state index is 13.2. The lowest BCUT2D eigenvalue weighted by Crippen LogP contribution is -2.50. The Morgan fingerprint density at radius 1 is 1.06 bits per heavy atom. The number of benzene rings is 1. The molecule has 34 heavy (non-hydrogen) atoms. The van der Waals surface area contributed by atoms with Crippen molar-refractivity contribution in [1.29, 1.82) is 0 Å². The van der Waals surface area contributed by atoms with Crippen molar-refractivity contribution in [2.75, 3.05) is 46.4 Å². The van der Waals surface area contributed by atoms with Crippen LogP contribution < -0.4 is 0 Å². The first-order chi connectivity index (χ1) is 16.1. The molecule has 0 aliphatic carbocycles. The van der Waals surface area contributed by atoms with Crippen LogP contribution in [0.1, 0.15) is 32.6 Å². The molecule has 2 fully saturated rings. The lowest BCUT2D eigenvalue weighted by Gasteiger charge is -2.35. The fraction of sp³-hybridized carbons (Fsp3) is 0.609. The standard InChI is InChI=1S/C23H32FN3O6S/c1-3-33-23(30)18-7-4-12-26(14-18)21(28)16-25(2)22(29)17-6-5-13-27(15-17)34(31,32)20-10-8-19(24)9-11-20/h8-11,17-18H,3-7,12-16H2,1-2H3. The number of esters is 1. The number of amides is 2. The lowest BCUT2D eigenvalue weighted by molar-refractivity contribution is -0.152. The molecule has 0 aromatic heterocycles. The number of hydrogen-bond donors (Lipinski definition) is 0. The van der Waals surface area contributed by atoms with Crippen molar-refractivity contribution < 1.29 is 31.9 Å². The average Bonchev–Trinajstić information content (AvgIpc) is 2.84. The first kappa shape index (κ1) is 26.1. The van der Waals surface area contributed by atoms with Crippen molar-refractivity contribution in [1.82, 2.24) is 14.1 Å². The van der Waals surface area contributed by atoms with E-state index < -0.39 is 21.8 Å². The number of piperidine rings is 2. The Balaban J connectivity index is 1.59. The fourth-order valence-corrected chi connectivity index (χ4v) is 5.99. The summed E-state index contributed by atoms with van der Waals surface area (Å²) in [7, 11) is -2.33. The lowest BCUT2D eigenvalue weighted by atomic mass is 9.97. The summed E-state index contributed by atoms with van der Waals surface area (Å²) in [6.07, 6.45) is 2.37. The molecule has 2 amide bonds. The number of sulfonamides is 1. The van der Waals surface area contributed by atoms with Crippen molar-refractivity contribution in [3.05, 3.63) is 30.1 Å². The Morgan fingerprint density at radius 2 is 1.71 bits per heavy atom. The first-order valence-electron chi connectivity index (χ1n) is 11.6. The molecule has 9 nitrogen and oxygen atoms in total. The molecule has 2 saturated heterocycles. The highest BCUT2D eigenvalue weighted by Crippen LogP contribution is 2.25. The minimum absolute atomic E-state index is 0.00567. The van der Waals surface area contributed by atoms with Gasteiger partial charge in [-0.2, -0.15) is 4.31 Å². The highest BCUT2D eigenvalue weighted by molar-refractivity contribution is 7.89. The number of carbonyl (C=O) groups is 3. The molecule has 0 N–H and O–H groups in total. The predicted octanol–water partition coefficient (Wildman–Crippen LogP) is 1.49. The maximum Gasteiger partial charge on any atom is 0.310 e. The van der Waals surface area contributed by atoms with E-state index in [0.29, 0.717) is 32.2 Å². The second kappa shape index (κ2) is 11.3. The third kappa shape index (κ3) is 6.12. The highest BCUT2D eigenvalue weighted by Gasteiger charge is 2.36. The number of likely N-dealkylation sites (tertiary alicyclic amines) is 1. The Morgan fingerprint density at radius 3 is 2.38 bits per heavy atom. The summed E-state index contributed by atoms with van der Waals surface area (Å²) in [4.78, 5) is 40.8. The number of hydrogen-bond acceptors (Lipinski definition) is 6. The van der Waals surface area contributed by atoms with Crippen LogP contribution in [-0.2, 0) is 29.1 Å². The third-order valence-corrected chi connectivity index (χ3v) is 8.21. The van der Waals surface area contributed by atoms with E-state index >= 15 is 0 Å². The van der Waals surface area contributed by atoms with Gasteiger partial charge in [-0.05, 0) is 56.9 Å². The van der Waals surface area contributed by atoms with E-state index in [-0.39, 0.29) is 61.4 Å². The number of ether oxygens (including phenoxy) is 1. The monoisotopic (exact) mass is 497 g/mol. The van der Waals surface area contributed by atoms with Crippen LogP contribution in [0.15, 0.2) is 29.2 Å². The van der Waals surface area contributed by atoms with E-state index in [2.05, 4.69) is 0 Å². The van der Waals surface area contributed by atoms with E-state index in [4.69, 9.17) is 4.74 Å². The summed E-state index contributed by atoms with van der Waals surface area (Å²) in [6, 6.07) is 4.60. The molecule has 1 aromatic carbocycles. The second-order valence-electron chi connectivity index (χ2n) is 8.78. The number of carbonyl (C=O) groups excluding carboxylic acids is 3. The summed E-state index contributed by atoms with van der Waals surface area (Å²) in [5, 5.41) is 0. The van der Waals surface area contributed by atoms with Gasteiger partial charge in [0.25, 0.3) is 0 Å². The highest BCUT2D eigenvalue weighted by atomic mass is 32.2. The molecule has 0 saturated carbocycles. The van der Waals surface area contributed by atoms with Crippen LogP contribution in [0.25, 0.3) is 0 Å². The predicted molar refractivity (Wildman–Crippen MR) is 121 cm³/mol. The van der Waals surface area contributed by atoms with Gasteiger partial charge in [0.2, 0.25) is 21.8 Å². The van der Waals surface area contributed by atoms with Crippen LogP contribution in [-0.4, -0.2) is 86.7 Å². The van der Waals surface area contributed by atoms with Gasteiger partial charge in [-0.15, -0.1) is 0 Å². The molecule has 0 radical (unpaired) electrons. The zero-order chi connectivity index (χ0) is 24.9. The molecule has 0 bridgehead atoms. The van der Waals surface area contributed by atoms with E-state index in [0.717, 1.165) is 12.1 Å². The average molecular weight is 498 g/mol. The van der Waals surface area contributed by atoms with Crippen LogP contribution >= 0.6 is 0 Å². The van der Waals surface area contributed by atoms with E-state index in [1.807, 2.05) is 0 Å². The number of nitrogens with zero attached hydrogens (tertiary/aromatic N) is 3. The molecule has 1 aromatic rings. The minimum Gasteiger partial charge on any atom is -0.466 e. The van der Waals surface area contributed by atoms with Crippen molar-refractivity contribution in [2.24, 2.45) is 11.8 Å². The normalized spacial score (nSPS) is 21.7. The van der Waals surface area contributed by atoms with Gasteiger partial charge < -0.3 is 14.5 Å². The fourth-order valence-electron chi connectivity index (χ4n) is 4.47. The summed E-state index contributed by atoms with van der Waals surface area (Å²) in [5.41, 5.74) is 0. The Labute approximate surface area is 199 Å². The van der Waals surface area contributed by atoms with E-state index in [1.54, 1.807) is 11.8 Å². The molecule has 188 valence electrons. The molecule has 3 rings (SSSR count). The van der Waals surface area contributed by atoms with Crippen molar-refractivity contribution in [3.63, 3.8) is 0 Å². The minimum atomic E-state index is -3.85. The summed E-state index contributed by atoms with van der Waals surface area (Å²) < 4.78 is 45.4. The van der Waals surface area contributed by atoms with Gasteiger partial charge in [-0.1, -0.05) is 0 Å². The van der Waals surface area contributed by atoms with Crippen LogP contribution in [0.3, 0.4) is 0 Å². The molecular formula is C23H32FN3O6S. The van der Waals surface area contributed by atoms with Crippen molar-refractivity contribution in [3.8, 4) is 0 Å². The maximum absolute atomic E-state index is 13.2. The third-order valence-electron chi connectivity index (χ3n) is 6.33. The van der Waals surface area contributed by atoms with Crippen molar-refractivity contribution in [2.45, 2.75) is 37.5 Å². The molecule has 0 spiro atoms. The smallest absolute Gasteiger partial charge is 0.310 e. The largest absolute Gasteiger partial charge is 0.466 e. The van der Waals surface area contributed by atoms with Crippen LogP contribution in [0.4, 0.5) is 4.39 Å². The molecular weight excluding hydrogens is 465 g/mol. The molecule has 2 aliphatic heterocycles. The number of likely N-dealkylation sites (N-methyl/N-ethyl adjacent to an activating group) is 1. The van der Waals surface area contributed by atoms with Gasteiger partial charge in [0.05, 0.1) is 29.9 Å². The van der Waals surface area contributed by atoms with Gasteiger partial charge in [0.1, 0.15) is 5.82 Å².